The van der Waals surface area contributed by atoms with Crippen LogP contribution in [-0.4, -0.2) is 29.0 Å². The van der Waals surface area contributed by atoms with Crippen molar-refractivity contribution < 1.29 is 0 Å². The monoisotopic (exact) mass is 192 g/mol. The molecule has 0 aromatic heterocycles. The van der Waals surface area contributed by atoms with Crippen molar-refractivity contribution in [2.45, 2.75) is 26.7 Å². The Kier molecular flexibility index (Phi) is 8.90. The first-order chi connectivity index (χ1) is 4.41. The summed E-state index contributed by atoms with van der Waals surface area (Å²) in [4.78, 5) is 0. The number of rotatable bonds is 6. The molecule has 0 aromatic carbocycles. The zero-order valence-corrected chi connectivity index (χ0v) is 9.50. The molecule has 0 aliphatic rings. The molecule has 0 heterocycles. The van der Waals surface area contributed by atoms with E-state index < -0.39 is 15.9 Å². The molecule has 56 valence electrons. The van der Waals surface area contributed by atoms with E-state index in [9.17, 15) is 0 Å². The van der Waals surface area contributed by atoms with Gasteiger partial charge in [-0.15, -0.1) is 0 Å². The van der Waals surface area contributed by atoms with E-state index in [0.29, 0.717) is 0 Å². The molecule has 0 amide bonds. The van der Waals surface area contributed by atoms with Gasteiger partial charge in [0.05, 0.1) is 0 Å². The Bertz CT molecular complexity index is 44.3. The van der Waals surface area contributed by atoms with Crippen LogP contribution in [0, 0.1) is 0 Å². The summed E-state index contributed by atoms with van der Waals surface area (Å²) in [6.45, 7) is 6.82. The van der Waals surface area contributed by atoms with E-state index in [4.69, 9.17) is 0 Å². The summed E-state index contributed by atoms with van der Waals surface area (Å²) in [6.07, 6.45) is 2.53. The summed E-state index contributed by atoms with van der Waals surface area (Å²) in [5.41, 5.74) is 0. The van der Waals surface area contributed by atoms with Crippen LogP contribution in [0.4, 0.5) is 0 Å². The Morgan fingerprint density at radius 3 is 1.78 bits per heavy atom. The van der Waals surface area contributed by atoms with E-state index in [2.05, 4.69) is 22.4 Å². The molecule has 0 aliphatic heterocycles. The van der Waals surface area contributed by atoms with Crippen molar-refractivity contribution in [1.29, 1.82) is 0 Å². The second-order valence-electron chi connectivity index (χ2n) is 2.18. The van der Waals surface area contributed by atoms with Gasteiger partial charge in [-0.1, -0.05) is 0 Å². The van der Waals surface area contributed by atoms with Gasteiger partial charge >= 0.3 is 64.2 Å². The first-order valence-corrected chi connectivity index (χ1v) is 6.80. The van der Waals surface area contributed by atoms with E-state index in [-0.39, 0.29) is 0 Å². The molecular formula is C6H18GeN2. The van der Waals surface area contributed by atoms with Crippen LogP contribution in [0.2, 0.25) is 0 Å². The molecule has 2 N–H and O–H groups in total. The minimum atomic E-state index is -0.485. The molecule has 0 radical (unpaired) electrons. The van der Waals surface area contributed by atoms with E-state index in [1.807, 2.05) is 0 Å². The zero-order chi connectivity index (χ0) is 6.95. The molecule has 0 atom stereocenters. The van der Waals surface area contributed by atoms with Gasteiger partial charge in [0.1, 0.15) is 0 Å². The van der Waals surface area contributed by atoms with Crippen molar-refractivity contribution in [2.24, 2.45) is 0 Å². The van der Waals surface area contributed by atoms with Crippen molar-refractivity contribution in [2.75, 3.05) is 13.1 Å². The third-order valence-electron chi connectivity index (χ3n) is 1.10. The predicted octanol–water partition coefficient (Wildman–Crippen LogP) is -0.0156. The second kappa shape index (κ2) is 8.46. The van der Waals surface area contributed by atoms with Crippen LogP contribution in [0.5, 0.6) is 0 Å². The average molecular weight is 191 g/mol. The fraction of sp³-hybridized carbons (Fsp3) is 1.00. The molecule has 9 heavy (non-hydrogen) atoms. The van der Waals surface area contributed by atoms with Crippen LogP contribution in [0.25, 0.3) is 0 Å². The fourth-order valence-corrected chi connectivity index (χ4v) is 3.21. The van der Waals surface area contributed by atoms with Gasteiger partial charge in [0.15, 0.2) is 0 Å². The third-order valence-corrected chi connectivity index (χ3v) is 3.64. The zero-order valence-electron chi connectivity index (χ0n) is 6.54. The van der Waals surface area contributed by atoms with Crippen molar-refractivity contribution in [3.05, 3.63) is 0 Å². The van der Waals surface area contributed by atoms with Gasteiger partial charge in [-0.05, 0) is 0 Å². The number of hydrogen-bond donors (Lipinski definition) is 2. The average Bonchev–Trinajstić information content (AvgIpc) is 1.89. The predicted molar refractivity (Wildman–Crippen MR) is 45.1 cm³/mol. The Balaban J connectivity index is 2.60. The van der Waals surface area contributed by atoms with Crippen molar-refractivity contribution in [3.8, 4) is 0 Å². The summed E-state index contributed by atoms with van der Waals surface area (Å²) >= 11 is -0.485. The summed E-state index contributed by atoms with van der Waals surface area (Å²) in [5.74, 6) is 0. The molecule has 0 aliphatic carbocycles. The Morgan fingerprint density at radius 2 is 1.44 bits per heavy atom. The topological polar surface area (TPSA) is 24.1 Å². The molecule has 2 nitrogen and oxygen atoms in total. The Labute approximate surface area is 64.7 Å². The van der Waals surface area contributed by atoms with Crippen LogP contribution >= 0.6 is 0 Å². The van der Waals surface area contributed by atoms with Gasteiger partial charge < -0.3 is 0 Å². The SMILES string of the molecule is CCC[NH][GeH2][NH]CCC. The van der Waals surface area contributed by atoms with Crippen molar-refractivity contribution in [1.82, 2.24) is 8.55 Å². The molecular weight excluding hydrogens is 173 g/mol. The summed E-state index contributed by atoms with van der Waals surface area (Å²) in [7, 11) is 0. The van der Waals surface area contributed by atoms with Crippen LogP contribution in [0.3, 0.4) is 0 Å². The molecule has 0 unspecified atom stereocenters. The van der Waals surface area contributed by atoms with E-state index in [1.54, 1.807) is 0 Å². The van der Waals surface area contributed by atoms with Crippen molar-refractivity contribution in [3.63, 3.8) is 0 Å². The normalized spacial score (nSPS) is 10.0. The van der Waals surface area contributed by atoms with E-state index in [0.717, 1.165) is 0 Å². The molecule has 0 fully saturated rings. The summed E-state index contributed by atoms with van der Waals surface area (Å²) in [6, 6.07) is 0. The van der Waals surface area contributed by atoms with Gasteiger partial charge in [0.2, 0.25) is 0 Å². The number of nitrogens with one attached hydrogen (secondary N) is 2. The van der Waals surface area contributed by atoms with Crippen LogP contribution in [0.15, 0.2) is 0 Å². The van der Waals surface area contributed by atoms with Crippen LogP contribution < -0.4 is 8.55 Å². The second-order valence-corrected chi connectivity index (χ2v) is 5.02. The fourth-order valence-electron chi connectivity index (χ4n) is 0.619. The van der Waals surface area contributed by atoms with Gasteiger partial charge in [0, 0.05) is 0 Å². The maximum atomic E-state index is 3.45. The molecule has 0 rings (SSSR count). The quantitative estimate of drug-likeness (QED) is 0.455. The Morgan fingerprint density at radius 1 is 1.00 bits per heavy atom. The van der Waals surface area contributed by atoms with E-state index >= 15 is 0 Å². The molecule has 0 bridgehead atoms. The standard InChI is InChI=1S/C6H18GeN2/c1-3-5-8-7-9-6-4-2/h8-9H,3-7H2,1-2H3. The first kappa shape index (κ1) is 9.46. The van der Waals surface area contributed by atoms with E-state index in [1.165, 1.54) is 25.9 Å². The number of hydrogen-bond acceptors (Lipinski definition) is 2. The van der Waals surface area contributed by atoms with Crippen LogP contribution in [0.1, 0.15) is 26.7 Å². The molecule has 0 saturated carbocycles. The van der Waals surface area contributed by atoms with Gasteiger partial charge in [-0.3, -0.25) is 0 Å². The molecule has 3 heteroatoms. The maximum absolute atomic E-state index is 3.45. The Hall–Kier alpha value is 0.463. The summed E-state index contributed by atoms with van der Waals surface area (Å²) in [5, 5.41) is 0. The summed E-state index contributed by atoms with van der Waals surface area (Å²) < 4.78 is 6.89. The van der Waals surface area contributed by atoms with Gasteiger partial charge in [-0.25, -0.2) is 0 Å². The third kappa shape index (κ3) is 8.46. The van der Waals surface area contributed by atoms with Crippen molar-refractivity contribution >= 4 is 15.9 Å². The van der Waals surface area contributed by atoms with Gasteiger partial charge in [-0.2, -0.15) is 0 Å². The van der Waals surface area contributed by atoms with Crippen LogP contribution in [-0.2, 0) is 0 Å². The molecule has 0 aromatic rings. The first-order valence-electron chi connectivity index (χ1n) is 3.83. The minimum absolute atomic E-state index is 0.485. The molecule has 0 saturated heterocycles. The molecule has 0 spiro atoms. The van der Waals surface area contributed by atoms with Gasteiger partial charge in [0.25, 0.3) is 0 Å².